The van der Waals surface area contributed by atoms with E-state index in [2.05, 4.69) is 0 Å². The van der Waals surface area contributed by atoms with Gasteiger partial charge in [0.15, 0.2) is 5.60 Å². The van der Waals surface area contributed by atoms with E-state index in [1.807, 2.05) is 0 Å². The first-order valence-corrected chi connectivity index (χ1v) is 5.30. The summed E-state index contributed by atoms with van der Waals surface area (Å²) >= 11 is 0. The average Bonchev–Trinajstić information content (AvgIpc) is 2.68. The van der Waals surface area contributed by atoms with Gasteiger partial charge >= 0.3 is 6.18 Å². The molecule has 0 radical (unpaired) electrons. The fourth-order valence-corrected chi connectivity index (χ4v) is 3.82. The molecular weight excluding hydrogens is 209 g/mol. The molecule has 5 unspecified atom stereocenters. The molecule has 1 heterocycles. The van der Waals surface area contributed by atoms with Crippen molar-refractivity contribution in [2.45, 2.75) is 24.6 Å². The van der Waals surface area contributed by atoms with Gasteiger partial charge in [0, 0.05) is 5.92 Å². The highest BCUT2D eigenvalue weighted by Gasteiger charge is 2.70. The van der Waals surface area contributed by atoms with Gasteiger partial charge in [-0.25, -0.2) is 0 Å². The average molecular weight is 222 g/mol. The van der Waals surface area contributed by atoms with Crippen LogP contribution in [0.5, 0.6) is 0 Å². The van der Waals surface area contributed by atoms with Crippen molar-refractivity contribution >= 4 is 0 Å². The van der Waals surface area contributed by atoms with E-state index in [4.69, 9.17) is 4.74 Å². The van der Waals surface area contributed by atoms with E-state index >= 15 is 0 Å². The second kappa shape index (κ2) is 2.69. The zero-order valence-corrected chi connectivity index (χ0v) is 8.13. The number of ether oxygens (including phenoxy) is 1. The van der Waals surface area contributed by atoms with Crippen LogP contribution >= 0.6 is 0 Å². The molecule has 2 nitrogen and oxygen atoms in total. The monoisotopic (exact) mass is 222 g/mol. The Morgan fingerprint density at radius 2 is 1.87 bits per heavy atom. The van der Waals surface area contributed by atoms with Crippen molar-refractivity contribution in [1.29, 1.82) is 0 Å². The summed E-state index contributed by atoms with van der Waals surface area (Å²) in [5.74, 6) is -0.433. The number of aliphatic hydroxyl groups is 1. The van der Waals surface area contributed by atoms with E-state index in [0.29, 0.717) is 19.6 Å². The number of halogens is 3. The van der Waals surface area contributed by atoms with Gasteiger partial charge in [0.25, 0.3) is 0 Å². The largest absolute Gasteiger partial charge is 0.417 e. The van der Waals surface area contributed by atoms with Crippen LogP contribution in [-0.4, -0.2) is 30.1 Å². The van der Waals surface area contributed by atoms with Gasteiger partial charge in [-0.15, -0.1) is 0 Å². The van der Waals surface area contributed by atoms with Crippen molar-refractivity contribution in [3.8, 4) is 0 Å². The lowest BCUT2D eigenvalue weighted by Crippen LogP contribution is -2.53. The fourth-order valence-electron chi connectivity index (χ4n) is 3.82. The van der Waals surface area contributed by atoms with Crippen molar-refractivity contribution in [3.63, 3.8) is 0 Å². The Kier molecular flexibility index (Phi) is 1.77. The van der Waals surface area contributed by atoms with Gasteiger partial charge in [0.2, 0.25) is 0 Å². The molecule has 0 aromatic heterocycles. The molecule has 0 aromatic carbocycles. The highest BCUT2D eigenvalue weighted by atomic mass is 19.4. The Morgan fingerprint density at radius 3 is 2.53 bits per heavy atom. The molecule has 5 heteroatoms. The molecule has 0 aromatic rings. The molecule has 1 N–H and O–H groups in total. The molecule has 15 heavy (non-hydrogen) atoms. The molecule has 3 fully saturated rings. The van der Waals surface area contributed by atoms with Gasteiger partial charge in [-0.2, -0.15) is 13.2 Å². The van der Waals surface area contributed by atoms with Crippen molar-refractivity contribution < 1.29 is 23.0 Å². The highest BCUT2D eigenvalue weighted by molar-refractivity contribution is 5.12. The van der Waals surface area contributed by atoms with E-state index < -0.39 is 17.7 Å². The van der Waals surface area contributed by atoms with Crippen LogP contribution in [-0.2, 0) is 4.74 Å². The maximum atomic E-state index is 12.8. The number of hydrogen-bond acceptors (Lipinski definition) is 2. The first-order chi connectivity index (χ1) is 6.93. The predicted molar refractivity (Wildman–Crippen MR) is 45.0 cm³/mol. The van der Waals surface area contributed by atoms with Gasteiger partial charge in [0.05, 0.1) is 13.2 Å². The van der Waals surface area contributed by atoms with Crippen molar-refractivity contribution in [1.82, 2.24) is 0 Å². The third kappa shape index (κ3) is 1.08. The van der Waals surface area contributed by atoms with Crippen LogP contribution in [0.25, 0.3) is 0 Å². The third-order valence-electron chi connectivity index (χ3n) is 4.53. The maximum absolute atomic E-state index is 12.8. The smallest absolute Gasteiger partial charge is 0.381 e. The molecule has 86 valence electrons. The summed E-state index contributed by atoms with van der Waals surface area (Å²) in [6.45, 7) is 0.976. The van der Waals surface area contributed by atoms with E-state index in [9.17, 15) is 18.3 Å². The molecule has 5 atom stereocenters. The first kappa shape index (κ1) is 9.90. The third-order valence-corrected chi connectivity index (χ3v) is 4.53. The summed E-state index contributed by atoms with van der Waals surface area (Å²) in [4.78, 5) is 0. The standard InChI is InChI=1S/C10H13F3O2/c11-10(12,13)9(14)2-5-1-8(9)7-4-15-3-6(5)7/h5-8,14H,1-4H2. The van der Waals surface area contributed by atoms with E-state index in [1.54, 1.807) is 0 Å². The molecule has 2 saturated carbocycles. The van der Waals surface area contributed by atoms with Gasteiger partial charge in [-0.1, -0.05) is 0 Å². The lowest BCUT2D eigenvalue weighted by molar-refractivity contribution is -0.283. The van der Waals surface area contributed by atoms with Crippen LogP contribution in [0.3, 0.4) is 0 Å². The summed E-state index contributed by atoms with van der Waals surface area (Å²) in [5, 5.41) is 9.78. The minimum atomic E-state index is -4.49. The van der Waals surface area contributed by atoms with Crippen LogP contribution in [0.2, 0.25) is 0 Å². The molecule has 1 saturated heterocycles. The van der Waals surface area contributed by atoms with Crippen LogP contribution in [0, 0.1) is 23.7 Å². The number of rotatable bonds is 0. The Labute approximate surface area is 85.4 Å². The van der Waals surface area contributed by atoms with Crippen molar-refractivity contribution in [2.24, 2.45) is 23.7 Å². The molecular formula is C10H13F3O2. The van der Waals surface area contributed by atoms with Crippen LogP contribution < -0.4 is 0 Å². The Morgan fingerprint density at radius 1 is 1.20 bits per heavy atom. The number of alkyl halides is 3. The molecule has 3 aliphatic rings. The van der Waals surface area contributed by atoms with Crippen LogP contribution in [0.4, 0.5) is 13.2 Å². The van der Waals surface area contributed by atoms with E-state index in [1.165, 1.54) is 0 Å². The Hall–Kier alpha value is -0.290. The summed E-state index contributed by atoms with van der Waals surface area (Å²) < 4.78 is 43.5. The maximum Gasteiger partial charge on any atom is 0.417 e. The second-order valence-corrected chi connectivity index (χ2v) is 5.09. The predicted octanol–water partition coefficient (Wildman–Crippen LogP) is 1.58. The van der Waals surface area contributed by atoms with Gasteiger partial charge in [-0.05, 0) is 30.6 Å². The lowest BCUT2D eigenvalue weighted by Gasteiger charge is -2.39. The quantitative estimate of drug-likeness (QED) is 0.674. The zero-order valence-electron chi connectivity index (χ0n) is 8.13. The lowest BCUT2D eigenvalue weighted by atomic mass is 9.72. The first-order valence-electron chi connectivity index (χ1n) is 5.30. The zero-order chi connectivity index (χ0) is 10.8. The summed E-state index contributed by atoms with van der Waals surface area (Å²) in [6.07, 6.45) is -4.08. The molecule has 0 spiro atoms. The van der Waals surface area contributed by atoms with Crippen LogP contribution in [0.15, 0.2) is 0 Å². The number of fused-ring (bicyclic) bond motifs is 5. The molecule has 2 bridgehead atoms. The molecule has 0 amide bonds. The van der Waals surface area contributed by atoms with E-state index in [0.717, 1.165) is 0 Å². The van der Waals surface area contributed by atoms with Gasteiger partial charge in [0.1, 0.15) is 0 Å². The normalized spacial score (nSPS) is 53.6. The van der Waals surface area contributed by atoms with Gasteiger partial charge < -0.3 is 9.84 Å². The molecule has 1 aliphatic heterocycles. The van der Waals surface area contributed by atoms with E-state index in [-0.39, 0.29) is 24.2 Å². The number of hydrogen-bond donors (Lipinski definition) is 1. The topological polar surface area (TPSA) is 29.5 Å². The molecule has 3 rings (SSSR count). The Bertz CT molecular complexity index is 291. The minimum absolute atomic E-state index is 0.00845. The summed E-state index contributed by atoms with van der Waals surface area (Å²) in [6, 6.07) is 0. The minimum Gasteiger partial charge on any atom is -0.381 e. The van der Waals surface area contributed by atoms with Crippen molar-refractivity contribution in [2.75, 3.05) is 13.2 Å². The Balaban J connectivity index is 1.92. The van der Waals surface area contributed by atoms with Gasteiger partial charge in [-0.3, -0.25) is 0 Å². The summed E-state index contributed by atoms with van der Waals surface area (Å²) in [5.41, 5.74) is -2.44. The fraction of sp³-hybridized carbons (Fsp3) is 1.00. The molecule has 2 aliphatic carbocycles. The highest BCUT2D eigenvalue weighted by Crippen LogP contribution is 2.62. The van der Waals surface area contributed by atoms with Crippen LogP contribution in [0.1, 0.15) is 12.8 Å². The summed E-state index contributed by atoms with van der Waals surface area (Å²) in [7, 11) is 0. The SMILES string of the molecule is OC1(C(F)(F)F)CC2CC1C1COCC21. The van der Waals surface area contributed by atoms with Crippen molar-refractivity contribution in [3.05, 3.63) is 0 Å². The second-order valence-electron chi connectivity index (χ2n) is 5.09.